The number of thioether (sulfide) groups is 1. The average Bonchev–Trinajstić information content (AvgIpc) is 2.93. The molecule has 100 valence electrons. The number of likely N-dealkylation sites (N-methyl/N-ethyl adjacent to an activating group) is 1. The smallest absolute Gasteiger partial charge is 0.0544 e. The summed E-state index contributed by atoms with van der Waals surface area (Å²) in [6.45, 7) is 4.93. The van der Waals surface area contributed by atoms with Crippen molar-refractivity contribution in [3.63, 3.8) is 0 Å². The van der Waals surface area contributed by atoms with E-state index >= 15 is 0 Å². The van der Waals surface area contributed by atoms with Gasteiger partial charge in [-0.2, -0.15) is 11.8 Å². The maximum atomic E-state index is 6.01. The fraction of sp³-hybridized carbons (Fsp3) is 0.643. The first-order chi connectivity index (χ1) is 8.85. The maximum absolute atomic E-state index is 6.01. The van der Waals surface area contributed by atoms with Gasteiger partial charge in [-0.05, 0) is 42.5 Å². The summed E-state index contributed by atoms with van der Waals surface area (Å²) < 4.78 is 0. The van der Waals surface area contributed by atoms with Gasteiger partial charge in [-0.3, -0.25) is 9.88 Å². The van der Waals surface area contributed by atoms with Crippen molar-refractivity contribution in [3.05, 3.63) is 30.1 Å². The van der Waals surface area contributed by atoms with Crippen molar-refractivity contribution in [3.8, 4) is 0 Å². The molecule has 2 N–H and O–H groups in total. The van der Waals surface area contributed by atoms with E-state index in [2.05, 4.69) is 40.7 Å². The Bertz CT molecular complexity index is 338. The normalized spacial score (nSPS) is 21.4. The molecular weight excluding hydrogens is 242 g/mol. The molecule has 2 heterocycles. The van der Waals surface area contributed by atoms with Crippen molar-refractivity contribution in [2.24, 2.45) is 11.7 Å². The molecule has 0 spiro atoms. The second-order valence-corrected chi connectivity index (χ2v) is 5.96. The van der Waals surface area contributed by atoms with Crippen LogP contribution in [0.15, 0.2) is 24.4 Å². The second-order valence-electron chi connectivity index (χ2n) is 4.81. The minimum Gasteiger partial charge on any atom is -0.329 e. The highest BCUT2D eigenvalue weighted by Gasteiger charge is 2.28. The third kappa shape index (κ3) is 3.46. The van der Waals surface area contributed by atoms with E-state index in [4.69, 9.17) is 5.73 Å². The quantitative estimate of drug-likeness (QED) is 0.854. The van der Waals surface area contributed by atoms with E-state index in [1.807, 2.05) is 12.3 Å². The molecule has 1 aromatic heterocycles. The predicted molar refractivity (Wildman–Crippen MR) is 78.6 cm³/mol. The van der Waals surface area contributed by atoms with Crippen LogP contribution >= 0.6 is 11.8 Å². The highest BCUT2D eigenvalue weighted by Crippen LogP contribution is 2.28. The number of nitrogens with two attached hydrogens (primary N) is 1. The van der Waals surface area contributed by atoms with Crippen molar-refractivity contribution >= 4 is 11.8 Å². The van der Waals surface area contributed by atoms with Gasteiger partial charge >= 0.3 is 0 Å². The fourth-order valence-electron chi connectivity index (χ4n) is 2.66. The van der Waals surface area contributed by atoms with E-state index < -0.39 is 0 Å². The molecular formula is C14H23N3S. The molecule has 0 amide bonds. The van der Waals surface area contributed by atoms with Crippen LogP contribution in [0.1, 0.15) is 19.0 Å². The van der Waals surface area contributed by atoms with Crippen LogP contribution in [0.25, 0.3) is 0 Å². The lowest BCUT2D eigenvalue weighted by Gasteiger charge is -2.33. The van der Waals surface area contributed by atoms with Gasteiger partial charge in [0.15, 0.2) is 0 Å². The van der Waals surface area contributed by atoms with Crippen LogP contribution in [0.3, 0.4) is 0 Å². The monoisotopic (exact) mass is 265 g/mol. The van der Waals surface area contributed by atoms with E-state index in [0.717, 1.165) is 31.2 Å². The van der Waals surface area contributed by atoms with Gasteiger partial charge < -0.3 is 5.73 Å². The molecule has 0 bridgehead atoms. The number of nitrogens with zero attached hydrogens (tertiary/aromatic N) is 2. The van der Waals surface area contributed by atoms with Crippen LogP contribution in [-0.2, 0) is 6.54 Å². The van der Waals surface area contributed by atoms with Crippen LogP contribution in [-0.4, -0.2) is 40.5 Å². The van der Waals surface area contributed by atoms with Crippen molar-refractivity contribution < 1.29 is 0 Å². The zero-order chi connectivity index (χ0) is 12.8. The maximum Gasteiger partial charge on any atom is 0.0544 e. The lowest BCUT2D eigenvalue weighted by Crippen LogP contribution is -2.45. The van der Waals surface area contributed by atoms with Gasteiger partial charge in [0.05, 0.1) is 5.69 Å². The first-order valence-electron chi connectivity index (χ1n) is 6.77. The van der Waals surface area contributed by atoms with Crippen LogP contribution in [0.2, 0.25) is 0 Å². The van der Waals surface area contributed by atoms with Crippen molar-refractivity contribution in [1.29, 1.82) is 0 Å². The van der Waals surface area contributed by atoms with Crippen molar-refractivity contribution in [2.75, 3.05) is 24.6 Å². The van der Waals surface area contributed by atoms with Gasteiger partial charge in [-0.15, -0.1) is 0 Å². The summed E-state index contributed by atoms with van der Waals surface area (Å²) in [5, 5.41) is 0. The number of pyridine rings is 1. The number of aromatic nitrogens is 1. The topological polar surface area (TPSA) is 42.2 Å². The molecule has 1 aliphatic heterocycles. The summed E-state index contributed by atoms with van der Waals surface area (Å²) in [6, 6.07) is 6.62. The summed E-state index contributed by atoms with van der Waals surface area (Å²) in [7, 11) is 0. The van der Waals surface area contributed by atoms with Gasteiger partial charge in [0, 0.05) is 25.3 Å². The lowest BCUT2D eigenvalue weighted by molar-refractivity contribution is 0.153. The highest BCUT2D eigenvalue weighted by molar-refractivity contribution is 7.99. The van der Waals surface area contributed by atoms with Gasteiger partial charge in [0.1, 0.15) is 0 Å². The summed E-state index contributed by atoms with van der Waals surface area (Å²) >= 11 is 2.06. The molecule has 4 heteroatoms. The predicted octanol–water partition coefficient (Wildman–Crippen LogP) is 1.98. The van der Waals surface area contributed by atoms with Gasteiger partial charge in [-0.1, -0.05) is 13.0 Å². The zero-order valence-electron chi connectivity index (χ0n) is 11.1. The zero-order valence-corrected chi connectivity index (χ0v) is 11.9. The molecule has 0 saturated carbocycles. The molecule has 2 unspecified atom stereocenters. The Kier molecular flexibility index (Phi) is 5.47. The Hall–Kier alpha value is -0.580. The molecule has 2 atom stereocenters. The van der Waals surface area contributed by atoms with E-state index in [-0.39, 0.29) is 0 Å². The molecule has 0 aliphatic carbocycles. The molecule has 1 aromatic rings. The Morgan fingerprint density at radius 1 is 1.56 bits per heavy atom. The van der Waals surface area contributed by atoms with Gasteiger partial charge in [0.2, 0.25) is 0 Å². The molecule has 3 nitrogen and oxygen atoms in total. The Balaban J connectivity index is 2.01. The number of hydrogen-bond acceptors (Lipinski definition) is 4. The standard InChI is InChI=1S/C14H23N3S/c1-2-17(10-13-5-3-4-7-16-13)14(9-15)12-6-8-18-11-12/h3-5,7,12,14H,2,6,8-11,15H2,1H3. The molecule has 1 fully saturated rings. The first kappa shape index (κ1) is 13.8. The van der Waals surface area contributed by atoms with Crippen LogP contribution in [0, 0.1) is 5.92 Å². The number of hydrogen-bond donors (Lipinski definition) is 1. The second kappa shape index (κ2) is 7.12. The first-order valence-corrected chi connectivity index (χ1v) is 7.92. The third-order valence-corrected chi connectivity index (χ3v) is 4.91. The van der Waals surface area contributed by atoms with E-state index in [0.29, 0.717) is 6.04 Å². The van der Waals surface area contributed by atoms with E-state index in [9.17, 15) is 0 Å². The minimum atomic E-state index is 0.506. The fourth-order valence-corrected chi connectivity index (χ4v) is 3.99. The van der Waals surface area contributed by atoms with Crippen LogP contribution < -0.4 is 5.73 Å². The third-order valence-electron chi connectivity index (χ3n) is 3.72. The summed E-state index contributed by atoms with van der Waals surface area (Å²) in [5.41, 5.74) is 7.15. The van der Waals surface area contributed by atoms with Crippen molar-refractivity contribution in [1.82, 2.24) is 9.88 Å². The Morgan fingerprint density at radius 2 is 2.44 bits per heavy atom. The van der Waals surface area contributed by atoms with Crippen LogP contribution in [0.4, 0.5) is 0 Å². The molecule has 0 aromatic carbocycles. The Labute approximate surface area is 114 Å². The Morgan fingerprint density at radius 3 is 3.00 bits per heavy atom. The van der Waals surface area contributed by atoms with E-state index in [1.165, 1.54) is 17.9 Å². The molecule has 18 heavy (non-hydrogen) atoms. The largest absolute Gasteiger partial charge is 0.329 e. The van der Waals surface area contributed by atoms with E-state index in [1.54, 1.807) is 0 Å². The summed E-state index contributed by atoms with van der Waals surface area (Å²) in [6.07, 6.45) is 3.18. The molecule has 1 aliphatic rings. The molecule has 2 rings (SSSR count). The molecule has 0 radical (unpaired) electrons. The van der Waals surface area contributed by atoms with Crippen molar-refractivity contribution in [2.45, 2.75) is 25.9 Å². The van der Waals surface area contributed by atoms with Crippen LogP contribution in [0.5, 0.6) is 0 Å². The average molecular weight is 265 g/mol. The highest BCUT2D eigenvalue weighted by atomic mass is 32.2. The molecule has 1 saturated heterocycles. The minimum absolute atomic E-state index is 0.506. The SMILES string of the molecule is CCN(Cc1ccccn1)C(CN)C1CCSC1. The number of rotatable bonds is 6. The summed E-state index contributed by atoms with van der Waals surface area (Å²) in [5.74, 6) is 3.31. The van der Waals surface area contributed by atoms with Gasteiger partial charge in [0.25, 0.3) is 0 Å². The summed E-state index contributed by atoms with van der Waals surface area (Å²) in [4.78, 5) is 6.91. The lowest BCUT2D eigenvalue weighted by atomic mass is 9.97. The van der Waals surface area contributed by atoms with Gasteiger partial charge in [-0.25, -0.2) is 0 Å².